The maximum Gasteiger partial charge on any atom is 0.251 e. The maximum absolute atomic E-state index is 13.9. The van der Waals surface area contributed by atoms with Crippen molar-refractivity contribution in [2.45, 2.75) is 4.90 Å². The van der Waals surface area contributed by atoms with Gasteiger partial charge in [0.25, 0.3) is 5.91 Å². The fraction of sp³-hybridized carbons (Fsp3) is 0.111. The summed E-state index contributed by atoms with van der Waals surface area (Å²) < 4.78 is 66.1. The van der Waals surface area contributed by atoms with Crippen molar-refractivity contribution in [2.75, 3.05) is 18.4 Å². The van der Waals surface area contributed by atoms with E-state index in [1.807, 2.05) is 0 Å². The minimum absolute atomic E-state index is 0.0217. The van der Waals surface area contributed by atoms with Gasteiger partial charge in [0.1, 0.15) is 10.7 Å². The van der Waals surface area contributed by atoms with Crippen molar-refractivity contribution < 1.29 is 31.2 Å². The molecule has 2 rings (SSSR count). The molecule has 11 heteroatoms. The van der Waals surface area contributed by atoms with E-state index in [4.69, 9.17) is 0 Å². The van der Waals surface area contributed by atoms with Gasteiger partial charge in [0.2, 0.25) is 15.9 Å². The Hall–Kier alpha value is -3.18. The summed E-state index contributed by atoms with van der Waals surface area (Å²) in [5, 5.41) is 4.46. The summed E-state index contributed by atoms with van der Waals surface area (Å²) in [6.45, 7) is 2.66. The number of sulfonamides is 1. The molecule has 0 bridgehead atoms. The Bertz CT molecular complexity index is 1060. The Morgan fingerprint density at radius 2 is 1.69 bits per heavy atom. The molecule has 2 aromatic carbocycles. The summed E-state index contributed by atoms with van der Waals surface area (Å²) in [5.41, 5.74) is -0.224. The standard InChI is InChI=1S/C18H16F3N3O4S/c1-2-7-23-29(27,28)16-8-11(3-5-14(16)20)18(26)22-10-17(25)24-12-4-6-13(19)15(21)9-12/h2-6,8-9,23H,1,7,10H2,(H,22,26)(H,24,25). The van der Waals surface area contributed by atoms with Gasteiger partial charge in [-0.15, -0.1) is 6.58 Å². The molecule has 0 atom stereocenters. The molecule has 0 saturated carbocycles. The molecule has 0 saturated heterocycles. The van der Waals surface area contributed by atoms with Crippen LogP contribution in [0, 0.1) is 17.5 Å². The highest BCUT2D eigenvalue weighted by Crippen LogP contribution is 2.16. The molecule has 7 nitrogen and oxygen atoms in total. The molecule has 3 N–H and O–H groups in total. The van der Waals surface area contributed by atoms with Crippen LogP contribution >= 0.6 is 0 Å². The van der Waals surface area contributed by atoms with Crippen LogP contribution < -0.4 is 15.4 Å². The SMILES string of the molecule is C=CCNS(=O)(=O)c1cc(C(=O)NCC(=O)Nc2ccc(F)c(F)c2)ccc1F. The molecule has 0 unspecified atom stereocenters. The van der Waals surface area contributed by atoms with Gasteiger partial charge in [0, 0.05) is 23.9 Å². The summed E-state index contributed by atoms with van der Waals surface area (Å²) in [7, 11) is -4.21. The maximum atomic E-state index is 13.9. The molecule has 0 aromatic heterocycles. The van der Waals surface area contributed by atoms with E-state index in [1.165, 1.54) is 6.08 Å². The second-order valence-electron chi connectivity index (χ2n) is 5.65. The van der Waals surface area contributed by atoms with E-state index >= 15 is 0 Å². The van der Waals surface area contributed by atoms with Crippen LogP contribution in [0.5, 0.6) is 0 Å². The van der Waals surface area contributed by atoms with E-state index in [0.29, 0.717) is 0 Å². The second kappa shape index (κ2) is 9.34. The van der Waals surface area contributed by atoms with Crippen LogP contribution in [-0.2, 0) is 14.8 Å². The molecule has 0 aliphatic heterocycles. The fourth-order valence-electron chi connectivity index (χ4n) is 2.14. The Morgan fingerprint density at radius 1 is 1.00 bits per heavy atom. The van der Waals surface area contributed by atoms with Crippen LogP contribution in [0.1, 0.15) is 10.4 Å². The fourth-order valence-corrected chi connectivity index (χ4v) is 3.24. The van der Waals surface area contributed by atoms with E-state index in [-0.39, 0.29) is 17.8 Å². The summed E-state index contributed by atoms with van der Waals surface area (Å²) in [4.78, 5) is 23.2. The molecule has 0 spiro atoms. The van der Waals surface area contributed by atoms with Gasteiger partial charge < -0.3 is 10.6 Å². The van der Waals surface area contributed by atoms with Crippen molar-refractivity contribution >= 4 is 27.5 Å². The number of carbonyl (C=O) groups is 2. The first-order chi connectivity index (χ1) is 13.6. The average molecular weight is 427 g/mol. The molecule has 0 fully saturated rings. The lowest BCUT2D eigenvalue weighted by atomic mass is 10.2. The lowest BCUT2D eigenvalue weighted by Crippen LogP contribution is -2.33. The van der Waals surface area contributed by atoms with Gasteiger partial charge in [-0.3, -0.25) is 9.59 Å². The number of hydrogen-bond acceptors (Lipinski definition) is 4. The molecule has 0 heterocycles. The third-order valence-electron chi connectivity index (χ3n) is 3.51. The van der Waals surface area contributed by atoms with E-state index in [0.717, 1.165) is 36.4 Å². The quantitative estimate of drug-likeness (QED) is 0.560. The van der Waals surface area contributed by atoms with Crippen LogP contribution in [0.2, 0.25) is 0 Å². The number of rotatable bonds is 8. The summed E-state index contributed by atoms with van der Waals surface area (Å²) in [6, 6.07) is 5.39. The molecule has 0 aliphatic rings. The van der Waals surface area contributed by atoms with Crippen molar-refractivity contribution in [3.63, 3.8) is 0 Å². The van der Waals surface area contributed by atoms with Crippen LogP contribution in [0.3, 0.4) is 0 Å². The summed E-state index contributed by atoms with van der Waals surface area (Å²) in [6.07, 6.45) is 1.26. The van der Waals surface area contributed by atoms with Gasteiger partial charge in [0.15, 0.2) is 11.6 Å². The number of carbonyl (C=O) groups excluding carboxylic acids is 2. The third kappa shape index (κ3) is 5.90. The topological polar surface area (TPSA) is 104 Å². The van der Waals surface area contributed by atoms with Gasteiger partial charge in [-0.1, -0.05) is 6.08 Å². The average Bonchev–Trinajstić information content (AvgIpc) is 2.67. The van der Waals surface area contributed by atoms with Gasteiger partial charge in [-0.05, 0) is 30.3 Å². The van der Waals surface area contributed by atoms with Crippen LogP contribution in [0.4, 0.5) is 18.9 Å². The zero-order valence-corrected chi connectivity index (χ0v) is 15.7. The molecular weight excluding hydrogens is 411 g/mol. The highest BCUT2D eigenvalue weighted by molar-refractivity contribution is 7.89. The highest BCUT2D eigenvalue weighted by Gasteiger charge is 2.20. The monoisotopic (exact) mass is 427 g/mol. The summed E-state index contributed by atoms with van der Waals surface area (Å²) in [5.74, 6) is -4.88. The van der Waals surface area contributed by atoms with Crippen molar-refractivity contribution in [3.8, 4) is 0 Å². The number of halogens is 3. The molecule has 2 aromatic rings. The Kier molecular flexibility index (Phi) is 7.13. The lowest BCUT2D eigenvalue weighted by Gasteiger charge is -2.10. The van der Waals surface area contributed by atoms with E-state index in [2.05, 4.69) is 21.9 Å². The van der Waals surface area contributed by atoms with Crippen molar-refractivity contribution in [1.82, 2.24) is 10.0 Å². The van der Waals surface area contributed by atoms with Gasteiger partial charge in [-0.2, -0.15) is 0 Å². The van der Waals surface area contributed by atoms with E-state index in [9.17, 15) is 31.2 Å². The molecular formula is C18H16F3N3O4S. The third-order valence-corrected chi connectivity index (χ3v) is 4.95. The Morgan fingerprint density at radius 3 is 2.34 bits per heavy atom. The smallest absolute Gasteiger partial charge is 0.251 e. The largest absolute Gasteiger partial charge is 0.343 e. The number of nitrogens with one attached hydrogen (secondary N) is 3. The Balaban J connectivity index is 2.05. The molecule has 0 aliphatic carbocycles. The zero-order chi connectivity index (χ0) is 21.6. The van der Waals surface area contributed by atoms with Crippen LogP contribution in [0.25, 0.3) is 0 Å². The van der Waals surface area contributed by atoms with Crippen molar-refractivity contribution in [3.05, 3.63) is 72.1 Å². The zero-order valence-electron chi connectivity index (χ0n) is 14.8. The predicted octanol–water partition coefficient (Wildman–Crippen LogP) is 1.94. The second-order valence-corrected chi connectivity index (χ2v) is 7.38. The number of benzene rings is 2. The van der Waals surface area contributed by atoms with Crippen molar-refractivity contribution in [1.29, 1.82) is 0 Å². The predicted molar refractivity (Wildman–Crippen MR) is 99.1 cm³/mol. The first-order valence-electron chi connectivity index (χ1n) is 8.07. The number of amides is 2. The molecule has 154 valence electrons. The minimum Gasteiger partial charge on any atom is -0.343 e. The number of anilines is 1. The molecule has 2 amide bonds. The highest BCUT2D eigenvalue weighted by atomic mass is 32.2. The first-order valence-corrected chi connectivity index (χ1v) is 9.55. The lowest BCUT2D eigenvalue weighted by molar-refractivity contribution is -0.115. The van der Waals surface area contributed by atoms with E-state index < -0.39 is 50.7 Å². The van der Waals surface area contributed by atoms with Crippen LogP contribution in [0.15, 0.2) is 53.9 Å². The van der Waals surface area contributed by atoms with Gasteiger partial charge in [0.05, 0.1) is 6.54 Å². The van der Waals surface area contributed by atoms with Gasteiger partial charge >= 0.3 is 0 Å². The first kappa shape index (κ1) is 22.1. The van der Waals surface area contributed by atoms with E-state index in [1.54, 1.807) is 0 Å². The van der Waals surface area contributed by atoms with Crippen LogP contribution in [-0.4, -0.2) is 33.3 Å². The van der Waals surface area contributed by atoms with Crippen molar-refractivity contribution in [2.24, 2.45) is 0 Å². The number of hydrogen-bond donors (Lipinski definition) is 3. The van der Waals surface area contributed by atoms with Gasteiger partial charge in [-0.25, -0.2) is 26.3 Å². The minimum atomic E-state index is -4.21. The molecule has 0 radical (unpaired) electrons. The normalized spacial score (nSPS) is 11.0. The Labute approximate surface area is 164 Å². The summed E-state index contributed by atoms with van der Waals surface area (Å²) >= 11 is 0. The molecule has 29 heavy (non-hydrogen) atoms.